The second kappa shape index (κ2) is 16.3. The van der Waals surface area contributed by atoms with E-state index in [9.17, 15) is 22.4 Å². The van der Waals surface area contributed by atoms with Gasteiger partial charge in [0.05, 0.1) is 6.20 Å². The summed E-state index contributed by atoms with van der Waals surface area (Å²) in [6.07, 6.45) is 7.25. The highest BCUT2D eigenvalue weighted by Gasteiger charge is 2.20. The van der Waals surface area contributed by atoms with Gasteiger partial charge in [-0.1, -0.05) is 91.1 Å². The smallest absolute Gasteiger partial charge is 0.159 e. The van der Waals surface area contributed by atoms with Gasteiger partial charge < -0.3 is 0 Å². The van der Waals surface area contributed by atoms with Crippen molar-refractivity contribution >= 4 is 21.7 Å². The number of carbonyl (C=O) groups is 1. The molecule has 1 heterocycles. The monoisotopic (exact) mass is 678 g/mol. The van der Waals surface area contributed by atoms with Crippen molar-refractivity contribution in [2.24, 2.45) is 0 Å². The third-order valence-corrected chi connectivity index (χ3v) is 8.31. The number of aromatic nitrogens is 2. The van der Waals surface area contributed by atoms with Gasteiger partial charge in [0.25, 0.3) is 0 Å². The molecule has 0 saturated heterocycles. The van der Waals surface area contributed by atoms with Crippen molar-refractivity contribution in [3.63, 3.8) is 0 Å². The second-order valence-corrected chi connectivity index (χ2v) is 11.8. The van der Waals surface area contributed by atoms with E-state index >= 15 is 0 Å². The molecule has 0 aliphatic rings. The summed E-state index contributed by atoms with van der Waals surface area (Å²) in [6.45, 7) is 3.93. The van der Waals surface area contributed by atoms with E-state index in [-0.39, 0.29) is 24.0 Å². The lowest BCUT2D eigenvalue weighted by molar-refractivity contribution is -0.118. The number of benzene rings is 4. The molecule has 0 saturated carbocycles. The fourth-order valence-corrected chi connectivity index (χ4v) is 5.47. The average Bonchev–Trinajstić information content (AvgIpc) is 3.59. The van der Waals surface area contributed by atoms with Gasteiger partial charge in [-0.05, 0) is 70.6 Å². The molecule has 0 spiro atoms. The summed E-state index contributed by atoms with van der Waals surface area (Å²) in [5.74, 6) is -3.48. The molecule has 5 rings (SSSR count). The number of nitrogens with one attached hydrogen (secondary N) is 1. The predicted molar refractivity (Wildman–Crippen MR) is 174 cm³/mol. The van der Waals surface area contributed by atoms with Crippen LogP contribution >= 0.6 is 15.9 Å². The van der Waals surface area contributed by atoms with Gasteiger partial charge in [-0.25, -0.2) is 17.6 Å². The van der Waals surface area contributed by atoms with Crippen molar-refractivity contribution in [1.29, 1.82) is 0 Å². The molecule has 2 unspecified atom stereocenters. The molecule has 0 amide bonds. The third-order valence-electron chi connectivity index (χ3n) is 7.78. The number of ketones is 1. The first-order chi connectivity index (χ1) is 21.7. The van der Waals surface area contributed by atoms with Crippen LogP contribution in [0.5, 0.6) is 0 Å². The lowest BCUT2D eigenvalue weighted by Gasteiger charge is -2.18. The minimum absolute atomic E-state index is 0.0774. The van der Waals surface area contributed by atoms with Crippen molar-refractivity contribution in [2.75, 3.05) is 0 Å². The van der Waals surface area contributed by atoms with E-state index in [4.69, 9.17) is 0 Å². The largest absolute Gasteiger partial charge is 0.300 e. The molecular formula is C37H35BrF4N2O. The van der Waals surface area contributed by atoms with Gasteiger partial charge in [0.15, 0.2) is 23.3 Å². The number of nitrogens with zero attached hydrogens (tertiary/aromatic N) is 1. The Morgan fingerprint density at radius 2 is 1.24 bits per heavy atom. The Bertz CT molecular complexity index is 1670. The van der Waals surface area contributed by atoms with Crippen molar-refractivity contribution < 1.29 is 22.4 Å². The summed E-state index contributed by atoms with van der Waals surface area (Å²) in [7, 11) is 0. The summed E-state index contributed by atoms with van der Waals surface area (Å²) < 4.78 is 54.5. The second-order valence-electron chi connectivity index (χ2n) is 10.9. The predicted octanol–water partition coefficient (Wildman–Crippen LogP) is 10.9. The third kappa shape index (κ3) is 9.24. The van der Waals surface area contributed by atoms with Crippen LogP contribution in [0.25, 0.3) is 11.1 Å². The zero-order valence-corrected chi connectivity index (χ0v) is 26.8. The minimum atomic E-state index is -0.901. The van der Waals surface area contributed by atoms with Crippen LogP contribution in [0.2, 0.25) is 0 Å². The van der Waals surface area contributed by atoms with Crippen LogP contribution in [-0.2, 0) is 4.79 Å². The standard InChI is InChI=1S/C20H18F2N2O.C17H17BrF2/c1-2-17(25)10-18(15-7-8-19(21)20(22)9-15)14-5-3-13(4-6-14)16-11-23-24-12-16;1-2-3-4-15(12-5-8-14(18)9-6-12)13-7-10-16(19)17(20)11-13/h3-9,11-12,18H,2,10H2,1H3,(H,23,24);5-11,15H,2-4H2,1H3. The fourth-order valence-electron chi connectivity index (χ4n) is 5.20. The molecule has 4 aromatic carbocycles. The van der Waals surface area contributed by atoms with Crippen LogP contribution in [-0.4, -0.2) is 16.0 Å². The maximum Gasteiger partial charge on any atom is 0.159 e. The SMILES string of the molecule is CCC(=O)CC(c1ccc(-c2cn[nH]c2)cc1)c1ccc(F)c(F)c1.CCCCC(c1ccc(Br)cc1)c1ccc(F)c(F)c1. The van der Waals surface area contributed by atoms with Gasteiger partial charge >= 0.3 is 0 Å². The number of rotatable bonds is 11. The first kappa shape index (κ1) is 33.8. The highest BCUT2D eigenvalue weighted by molar-refractivity contribution is 9.10. The van der Waals surface area contributed by atoms with Gasteiger partial charge in [0, 0.05) is 40.9 Å². The Kier molecular flexibility index (Phi) is 12.3. The van der Waals surface area contributed by atoms with Gasteiger partial charge in [-0.3, -0.25) is 9.89 Å². The Morgan fingerprint density at radius 3 is 1.76 bits per heavy atom. The summed E-state index contributed by atoms with van der Waals surface area (Å²) in [6, 6.07) is 23.7. The number of hydrogen-bond donors (Lipinski definition) is 1. The van der Waals surface area contributed by atoms with Crippen LogP contribution in [0.3, 0.4) is 0 Å². The normalized spacial score (nSPS) is 12.2. The molecule has 0 fully saturated rings. The lowest BCUT2D eigenvalue weighted by atomic mass is 9.86. The Hall–Kier alpha value is -4.04. The molecule has 8 heteroatoms. The molecule has 1 N–H and O–H groups in total. The topological polar surface area (TPSA) is 45.8 Å². The average molecular weight is 680 g/mol. The maximum absolute atomic E-state index is 13.7. The van der Waals surface area contributed by atoms with E-state index in [1.807, 2.05) is 48.5 Å². The van der Waals surface area contributed by atoms with E-state index < -0.39 is 23.3 Å². The molecule has 0 aliphatic heterocycles. The Morgan fingerprint density at radius 1 is 0.711 bits per heavy atom. The van der Waals surface area contributed by atoms with Crippen LogP contribution in [0.15, 0.2) is 102 Å². The number of hydrogen-bond acceptors (Lipinski definition) is 2. The summed E-state index contributed by atoms with van der Waals surface area (Å²) in [5.41, 5.74) is 5.40. The zero-order valence-electron chi connectivity index (χ0n) is 25.2. The van der Waals surface area contributed by atoms with Crippen molar-refractivity contribution in [1.82, 2.24) is 10.2 Å². The molecule has 1 aromatic heterocycles. The van der Waals surface area contributed by atoms with Gasteiger partial charge in [-0.15, -0.1) is 0 Å². The van der Waals surface area contributed by atoms with Crippen LogP contribution in [0, 0.1) is 23.3 Å². The minimum Gasteiger partial charge on any atom is -0.300 e. The van der Waals surface area contributed by atoms with Gasteiger partial charge in [0.2, 0.25) is 0 Å². The molecule has 3 nitrogen and oxygen atoms in total. The first-order valence-corrected chi connectivity index (χ1v) is 15.8. The number of H-pyrrole nitrogens is 1. The summed E-state index contributed by atoms with van der Waals surface area (Å²) in [4.78, 5) is 12.0. The summed E-state index contributed by atoms with van der Waals surface area (Å²) >= 11 is 3.42. The van der Waals surface area contributed by atoms with Crippen LogP contribution in [0.1, 0.15) is 80.0 Å². The number of Topliss-reactive ketones (excluding diaryl/α,β-unsaturated/α-hetero) is 1. The summed E-state index contributed by atoms with van der Waals surface area (Å²) in [5, 5.41) is 6.69. The molecule has 234 valence electrons. The molecular weight excluding hydrogens is 644 g/mol. The van der Waals surface area contributed by atoms with E-state index in [1.54, 1.807) is 25.4 Å². The molecule has 0 aliphatic carbocycles. The molecule has 2 atom stereocenters. The van der Waals surface area contributed by atoms with Crippen molar-refractivity contribution in [2.45, 2.75) is 57.8 Å². The van der Waals surface area contributed by atoms with E-state index in [0.717, 1.165) is 57.6 Å². The van der Waals surface area contributed by atoms with Crippen LogP contribution < -0.4 is 0 Å². The Labute approximate surface area is 269 Å². The van der Waals surface area contributed by atoms with Gasteiger partial charge in [0.1, 0.15) is 5.78 Å². The Balaban J connectivity index is 0.000000210. The molecule has 0 radical (unpaired) electrons. The molecule has 0 bridgehead atoms. The van der Waals surface area contributed by atoms with E-state index in [0.29, 0.717) is 12.0 Å². The van der Waals surface area contributed by atoms with Crippen molar-refractivity contribution in [3.8, 4) is 11.1 Å². The fraction of sp³-hybridized carbons (Fsp3) is 0.243. The van der Waals surface area contributed by atoms with E-state index in [1.165, 1.54) is 24.3 Å². The van der Waals surface area contributed by atoms with E-state index in [2.05, 4.69) is 33.1 Å². The zero-order chi connectivity index (χ0) is 32.3. The highest BCUT2D eigenvalue weighted by Crippen LogP contribution is 2.33. The number of halogens is 5. The highest BCUT2D eigenvalue weighted by atomic mass is 79.9. The van der Waals surface area contributed by atoms with Crippen LogP contribution in [0.4, 0.5) is 17.6 Å². The number of carbonyl (C=O) groups excluding carboxylic acids is 1. The number of unbranched alkanes of at least 4 members (excludes halogenated alkanes) is 1. The quantitative estimate of drug-likeness (QED) is 0.141. The molecule has 5 aromatic rings. The molecule has 45 heavy (non-hydrogen) atoms. The van der Waals surface area contributed by atoms with Gasteiger partial charge in [-0.2, -0.15) is 5.10 Å². The first-order valence-electron chi connectivity index (χ1n) is 15.0. The number of aromatic amines is 1. The maximum atomic E-state index is 13.7. The van der Waals surface area contributed by atoms with Crippen molar-refractivity contribution in [3.05, 3.63) is 147 Å². The lowest BCUT2D eigenvalue weighted by Crippen LogP contribution is -2.08.